The first-order chi connectivity index (χ1) is 7.95. The Bertz CT molecular complexity index is 467. The second-order valence-corrected chi connectivity index (χ2v) is 3.86. The quantitative estimate of drug-likeness (QED) is 0.792. The molecule has 2 N–H and O–H groups in total. The summed E-state index contributed by atoms with van der Waals surface area (Å²) in [6.07, 6.45) is 1.33. The van der Waals surface area contributed by atoms with Gasteiger partial charge in [0.1, 0.15) is 11.4 Å². The largest absolute Gasteiger partial charge is 0.477 e. The molecule has 6 heteroatoms. The molecular formula is C11H16N2O4. The molecule has 1 rings (SSSR count). The lowest BCUT2D eigenvalue weighted by atomic mass is 10.2. The fourth-order valence-electron chi connectivity index (χ4n) is 1.47. The average molecular weight is 240 g/mol. The van der Waals surface area contributed by atoms with Crippen LogP contribution in [0, 0.1) is 6.92 Å². The first-order valence-corrected chi connectivity index (χ1v) is 5.31. The summed E-state index contributed by atoms with van der Waals surface area (Å²) >= 11 is 0. The first-order valence-electron chi connectivity index (χ1n) is 5.31. The van der Waals surface area contributed by atoms with Crippen LogP contribution in [-0.4, -0.2) is 34.3 Å². The Morgan fingerprint density at radius 3 is 2.71 bits per heavy atom. The number of H-pyrrole nitrogens is 1. The highest BCUT2D eigenvalue weighted by molar-refractivity contribution is 5.88. The summed E-state index contributed by atoms with van der Waals surface area (Å²) in [6, 6.07) is 0. The van der Waals surface area contributed by atoms with Crippen LogP contribution >= 0.6 is 0 Å². The summed E-state index contributed by atoms with van der Waals surface area (Å²) in [6.45, 7) is 3.43. The van der Waals surface area contributed by atoms with Crippen molar-refractivity contribution in [3.05, 3.63) is 27.4 Å². The second-order valence-electron chi connectivity index (χ2n) is 3.86. The van der Waals surface area contributed by atoms with Crippen molar-refractivity contribution in [3.63, 3.8) is 0 Å². The maximum atomic E-state index is 11.5. The van der Waals surface area contributed by atoms with Crippen LogP contribution in [0.1, 0.15) is 35.2 Å². The topological polar surface area (TPSA) is 92.3 Å². The minimum atomic E-state index is -1.26. The van der Waals surface area contributed by atoms with Crippen LogP contribution in [0.5, 0.6) is 0 Å². The molecule has 1 unspecified atom stereocenters. The van der Waals surface area contributed by atoms with Crippen LogP contribution in [-0.2, 0) is 11.2 Å². The Morgan fingerprint density at radius 2 is 2.24 bits per heavy atom. The van der Waals surface area contributed by atoms with E-state index in [0.29, 0.717) is 18.7 Å². The summed E-state index contributed by atoms with van der Waals surface area (Å²) in [7, 11) is 1.61. The van der Waals surface area contributed by atoms with Gasteiger partial charge in [0.25, 0.3) is 5.56 Å². The Morgan fingerprint density at radius 1 is 1.59 bits per heavy atom. The molecule has 0 amide bonds. The summed E-state index contributed by atoms with van der Waals surface area (Å²) in [4.78, 5) is 28.8. The summed E-state index contributed by atoms with van der Waals surface area (Å²) in [5, 5.41) is 8.81. The zero-order valence-electron chi connectivity index (χ0n) is 10.1. The van der Waals surface area contributed by atoms with Gasteiger partial charge in [-0.2, -0.15) is 0 Å². The summed E-state index contributed by atoms with van der Waals surface area (Å²) in [5.41, 5.74) is -0.667. The summed E-state index contributed by atoms with van der Waals surface area (Å²) < 4.78 is 5.08. The third-order valence-corrected chi connectivity index (χ3v) is 2.55. The maximum Gasteiger partial charge on any atom is 0.343 e. The minimum absolute atomic E-state index is 0.0692. The lowest BCUT2D eigenvalue weighted by molar-refractivity contribution is 0.0693. The summed E-state index contributed by atoms with van der Waals surface area (Å²) in [5.74, 6) is -0.769. The number of carboxylic acid groups (broad SMARTS) is 1. The van der Waals surface area contributed by atoms with Crippen molar-refractivity contribution < 1.29 is 14.6 Å². The highest BCUT2D eigenvalue weighted by Gasteiger charge is 2.15. The molecule has 0 saturated heterocycles. The number of hydrogen-bond acceptors (Lipinski definition) is 4. The van der Waals surface area contributed by atoms with Crippen LogP contribution in [0.2, 0.25) is 0 Å². The molecule has 0 aliphatic carbocycles. The third kappa shape index (κ3) is 3.39. The van der Waals surface area contributed by atoms with Gasteiger partial charge in [-0.3, -0.25) is 4.79 Å². The zero-order chi connectivity index (χ0) is 13.0. The molecular weight excluding hydrogens is 224 g/mol. The van der Waals surface area contributed by atoms with Crippen molar-refractivity contribution in [3.8, 4) is 0 Å². The number of aromatic nitrogens is 2. The van der Waals surface area contributed by atoms with Crippen molar-refractivity contribution in [1.82, 2.24) is 9.97 Å². The predicted octanol–water partition coefficient (Wildman–Crippen LogP) is 0.744. The molecule has 0 aliphatic rings. The molecule has 1 aromatic heterocycles. The number of aromatic carboxylic acids is 1. The SMILES string of the molecule is COC(C)CCc1nc(C)c(C(=O)O)c(=O)[nH]1. The molecule has 94 valence electrons. The molecule has 6 nitrogen and oxygen atoms in total. The molecule has 0 aliphatic heterocycles. The highest BCUT2D eigenvalue weighted by atomic mass is 16.5. The monoisotopic (exact) mass is 240 g/mol. The third-order valence-electron chi connectivity index (χ3n) is 2.55. The van der Waals surface area contributed by atoms with Crippen molar-refractivity contribution in [2.75, 3.05) is 7.11 Å². The van der Waals surface area contributed by atoms with Crippen LogP contribution in [0.3, 0.4) is 0 Å². The number of nitrogens with one attached hydrogen (secondary N) is 1. The van der Waals surface area contributed by atoms with Gasteiger partial charge in [-0.05, 0) is 20.3 Å². The van der Waals surface area contributed by atoms with Gasteiger partial charge in [0.15, 0.2) is 0 Å². The van der Waals surface area contributed by atoms with Gasteiger partial charge in [0.2, 0.25) is 0 Å². The van der Waals surface area contributed by atoms with E-state index in [1.54, 1.807) is 7.11 Å². The number of hydrogen-bond donors (Lipinski definition) is 2. The van der Waals surface area contributed by atoms with E-state index in [1.807, 2.05) is 6.92 Å². The van der Waals surface area contributed by atoms with Gasteiger partial charge in [0, 0.05) is 13.5 Å². The number of methoxy groups -OCH3 is 1. The van der Waals surface area contributed by atoms with Gasteiger partial charge < -0.3 is 14.8 Å². The number of rotatable bonds is 5. The lowest BCUT2D eigenvalue weighted by Gasteiger charge is -2.09. The highest BCUT2D eigenvalue weighted by Crippen LogP contribution is 2.04. The molecule has 1 aromatic rings. The zero-order valence-corrected chi connectivity index (χ0v) is 10.1. The maximum absolute atomic E-state index is 11.5. The van der Waals surface area contributed by atoms with E-state index in [9.17, 15) is 9.59 Å². The van der Waals surface area contributed by atoms with Crippen molar-refractivity contribution in [2.45, 2.75) is 32.8 Å². The number of aryl methyl sites for hydroxylation is 2. The molecule has 1 atom stereocenters. The average Bonchev–Trinajstić information content (AvgIpc) is 2.24. The van der Waals surface area contributed by atoms with E-state index in [-0.39, 0.29) is 17.4 Å². The van der Waals surface area contributed by atoms with Crippen LogP contribution < -0.4 is 5.56 Å². The minimum Gasteiger partial charge on any atom is -0.477 e. The van der Waals surface area contributed by atoms with Crippen molar-refractivity contribution in [2.24, 2.45) is 0 Å². The standard InChI is InChI=1S/C11H16N2O4/c1-6(17-3)4-5-8-12-7(2)9(11(15)16)10(14)13-8/h6H,4-5H2,1-3H3,(H,15,16)(H,12,13,14). The van der Waals surface area contributed by atoms with Crippen molar-refractivity contribution >= 4 is 5.97 Å². The van der Waals surface area contributed by atoms with Crippen LogP contribution in [0.4, 0.5) is 0 Å². The van der Waals surface area contributed by atoms with Gasteiger partial charge in [-0.1, -0.05) is 0 Å². The molecule has 1 heterocycles. The fourth-order valence-corrected chi connectivity index (χ4v) is 1.47. The molecule has 0 radical (unpaired) electrons. The Hall–Kier alpha value is -1.69. The molecule has 0 spiro atoms. The van der Waals surface area contributed by atoms with Crippen molar-refractivity contribution in [1.29, 1.82) is 0 Å². The number of nitrogens with zero attached hydrogens (tertiary/aromatic N) is 1. The van der Waals surface area contributed by atoms with Gasteiger partial charge >= 0.3 is 5.97 Å². The molecule has 0 saturated carbocycles. The Labute approximate surface area is 98.7 Å². The van der Waals surface area contributed by atoms with Crippen LogP contribution in [0.15, 0.2) is 4.79 Å². The Kier molecular flexibility index (Phi) is 4.39. The van der Waals surface area contributed by atoms with Gasteiger partial charge in [-0.15, -0.1) is 0 Å². The predicted molar refractivity (Wildman–Crippen MR) is 61.3 cm³/mol. The lowest BCUT2D eigenvalue weighted by Crippen LogP contribution is -2.23. The molecule has 17 heavy (non-hydrogen) atoms. The number of carbonyl (C=O) groups is 1. The molecule has 0 aromatic carbocycles. The van der Waals surface area contributed by atoms with Gasteiger partial charge in [0.05, 0.1) is 11.8 Å². The number of ether oxygens (including phenoxy) is 1. The van der Waals surface area contributed by atoms with Crippen LogP contribution in [0.25, 0.3) is 0 Å². The number of carboxylic acids is 1. The van der Waals surface area contributed by atoms with E-state index >= 15 is 0 Å². The van der Waals surface area contributed by atoms with E-state index < -0.39 is 11.5 Å². The first kappa shape index (κ1) is 13.4. The fraction of sp³-hybridized carbons (Fsp3) is 0.545. The van der Waals surface area contributed by atoms with E-state index in [1.165, 1.54) is 6.92 Å². The Balaban J connectivity index is 2.91. The van der Waals surface area contributed by atoms with Gasteiger partial charge in [-0.25, -0.2) is 9.78 Å². The van der Waals surface area contributed by atoms with E-state index in [2.05, 4.69) is 9.97 Å². The molecule has 0 bridgehead atoms. The normalized spacial score (nSPS) is 12.4. The van der Waals surface area contributed by atoms with E-state index in [0.717, 1.165) is 0 Å². The second kappa shape index (κ2) is 5.58. The van der Waals surface area contributed by atoms with E-state index in [4.69, 9.17) is 9.84 Å². The molecule has 0 fully saturated rings. The number of aromatic amines is 1. The smallest absolute Gasteiger partial charge is 0.343 e.